The van der Waals surface area contributed by atoms with Crippen LogP contribution < -0.4 is 10.6 Å². The summed E-state index contributed by atoms with van der Waals surface area (Å²) >= 11 is 0. The summed E-state index contributed by atoms with van der Waals surface area (Å²) in [6.45, 7) is 4.80. The molecule has 0 aliphatic rings. The third-order valence-electron chi connectivity index (χ3n) is 2.39. The predicted molar refractivity (Wildman–Crippen MR) is 79.4 cm³/mol. The van der Waals surface area contributed by atoms with E-state index in [1.54, 1.807) is 7.05 Å². The van der Waals surface area contributed by atoms with E-state index in [1.807, 2.05) is 0 Å². The van der Waals surface area contributed by atoms with Gasteiger partial charge in [-0.25, -0.2) is 8.42 Å². The van der Waals surface area contributed by atoms with Crippen molar-refractivity contribution in [2.45, 2.75) is 26.2 Å². The van der Waals surface area contributed by atoms with Crippen LogP contribution in [0.2, 0.25) is 0 Å². The van der Waals surface area contributed by atoms with Crippen LogP contribution in [0.25, 0.3) is 0 Å². The molecule has 7 heteroatoms. The number of ether oxygens (including phenoxy) is 1. The Morgan fingerprint density at radius 3 is 2.37 bits per heavy atom. The van der Waals surface area contributed by atoms with Crippen LogP contribution >= 0.6 is 0 Å². The number of sulfone groups is 1. The fourth-order valence-corrected chi connectivity index (χ4v) is 1.78. The van der Waals surface area contributed by atoms with Gasteiger partial charge in [-0.2, -0.15) is 0 Å². The van der Waals surface area contributed by atoms with Crippen molar-refractivity contribution in [3.63, 3.8) is 0 Å². The standard InChI is InChI=1S/C12H27N3O3S/c1-4-5-9-18-10-6-7-14-12(13-2)15-8-11-19(3,16)17/h4-11H2,1-3H3,(H2,13,14,15). The first-order chi connectivity index (χ1) is 8.99. The van der Waals surface area contributed by atoms with E-state index in [2.05, 4.69) is 22.5 Å². The molecule has 0 aromatic rings. The Labute approximate surface area is 116 Å². The molecule has 0 aliphatic heterocycles. The van der Waals surface area contributed by atoms with Gasteiger partial charge in [0.1, 0.15) is 9.84 Å². The van der Waals surface area contributed by atoms with Crippen LogP contribution in [0.4, 0.5) is 0 Å². The normalized spacial score (nSPS) is 12.5. The maximum atomic E-state index is 11.0. The molecule has 114 valence electrons. The van der Waals surface area contributed by atoms with Crippen LogP contribution in [0.5, 0.6) is 0 Å². The van der Waals surface area contributed by atoms with E-state index in [9.17, 15) is 8.42 Å². The van der Waals surface area contributed by atoms with Gasteiger partial charge in [-0.1, -0.05) is 13.3 Å². The summed E-state index contributed by atoms with van der Waals surface area (Å²) in [4.78, 5) is 4.01. The first-order valence-corrected chi connectivity index (χ1v) is 8.75. The summed E-state index contributed by atoms with van der Waals surface area (Å²) in [6.07, 6.45) is 4.37. The Morgan fingerprint density at radius 1 is 1.16 bits per heavy atom. The fraction of sp³-hybridized carbons (Fsp3) is 0.917. The van der Waals surface area contributed by atoms with Gasteiger partial charge in [-0.3, -0.25) is 4.99 Å². The molecule has 0 aromatic carbocycles. The maximum absolute atomic E-state index is 11.0. The molecule has 19 heavy (non-hydrogen) atoms. The number of unbranched alkanes of at least 4 members (excludes halogenated alkanes) is 1. The Hall–Kier alpha value is -0.820. The van der Waals surface area contributed by atoms with Crippen molar-refractivity contribution in [2.24, 2.45) is 4.99 Å². The molecule has 6 nitrogen and oxygen atoms in total. The van der Waals surface area contributed by atoms with Gasteiger partial charge in [0.25, 0.3) is 0 Å². The maximum Gasteiger partial charge on any atom is 0.191 e. The summed E-state index contributed by atoms with van der Waals surface area (Å²) in [5, 5.41) is 6.07. The molecule has 0 bridgehead atoms. The zero-order valence-corrected chi connectivity index (χ0v) is 13.1. The Balaban J connectivity index is 3.55. The average Bonchev–Trinajstić information content (AvgIpc) is 2.34. The molecule has 2 N–H and O–H groups in total. The Morgan fingerprint density at radius 2 is 1.79 bits per heavy atom. The van der Waals surface area contributed by atoms with E-state index in [0.717, 1.165) is 39.0 Å². The van der Waals surface area contributed by atoms with Crippen molar-refractivity contribution in [3.05, 3.63) is 0 Å². The zero-order valence-electron chi connectivity index (χ0n) is 12.2. The molecule has 0 unspecified atom stereocenters. The minimum absolute atomic E-state index is 0.105. The summed E-state index contributed by atoms with van der Waals surface area (Å²) in [7, 11) is -1.27. The van der Waals surface area contributed by atoms with Crippen molar-refractivity contribution in [1.82, 2.24) is 10.6 Å². The number of hydrogen-bond acceptors (Lipinski definition) is 4. The molecule has 0 saturated heterocycles. The largest absolute Gasteiger partial charge is 0.381 e. The van der Waals surface area contributed by atoms with Gasteiger partial charge < -0.3 is 15.4 Å². The van der Waals surface area contributed by atoms with E-state index >= 15 is 0 Å². The monoisotopic (exact) mass is 293 g/mol. The molecule has 0 radical (unpaired) electrons. The Kier molecular flexibility index (Phi) is 10.6. The van der Waals surface area contributed by atoms with E-state index in [1.165, 1.54) is 6.26 Å². The molecule has 0 aromatic heterocycles. The van der Waals surface area contributed by atoms with Gasteiger partial charge in [-0.05, 0) is 12.8 Å². The second kappa shape index (κ2) is 11.0. The lowest BCUT2D eigenvalue weighted by Gasteiger charge is -2.11. The predicted octanol–water partition coefficient (Wildman–Crippen LogP) is 0.403. The van der Waals surface area contributed by atoms with Crippen LogP contribution in [0, 0.1) is 0 Å². The third-order valence-corrected chi connectivity index (χ3v) is 3.33. The second-order valence-electron chi connectivity index (χ2n) is 4.38. The van der Waals surface area contributed by atoms with Gasteiger partial charge >= 0.3 is 0 Å². The van der Waals surface area contributed by atoms with Crippen LogP contribution in [-0.4, -0.2) is 59.7 Å². The molecule has 0 saturated carbocycles. The molecular formula is C12H27N3O3S. The molecule has 0 amide bonds. The first kappa shape index (κ1) is 18.2. The topological polar surface area (TPSA) is 79.8 Å². The molecule has 0 rings (SSSR count). The summed E-state index contributed by atoms with van der Waals surface area (Å²) in [5.74, 6) is 0.727. The van der Waals surface area contributed by atoms with Crippen LogP contribution in [-0.2, 0) is 14.6 Å². The molecule has 0 atom stereocenters. The fourth-order valence-electron chi connectivity index (χ4n) is 1.30. The number of nitrogens with one attached hydrogen (secondary N) is 2. The molecule has 0 heterocycles. The lowest BCUT2D eigenvalue weighted by Crippen LogP contribution is -2.40. The average molecular weight is 293 g/mol. The van der Waals surface area contributed by atoms with Crippen molar-refractivity contribution >= 4 is 15.8 Å². The molecule has 0 aliphatic carbocycles. The minimum atomic E-state index is -2.93. The number of guanidine groups is 1. The highest BCUT2D eigenvalue weighted by Crippen LogP contribution is 1.89. The van der Waals surface area contributed by atoms with E-state index in [0.29, 0.717) is 12.5 Å². The van der Waals surface area contributed by atoms with Gasteiger partial charge in [0.15, 0.2) is 5.96 Å². The molecule has 0 fully saturated rings. The Bertz CT molecular complexity index is 342. The van der Waals surface area contributed by atoms with E-state index < -0.39 is 9.84 Å². The third kappa shape index (κ3) is 13.4. The number of aliphatic imine (C=N–C) groups is 1. The molecule has 0 spiro atoms. The number of hydrogen-bond donors (Lipinski definition) is 2. The van der Waals surface area contributed by atoms with Crippen LogP contribution in [0.15, 0.2) is 4.99 Å². The van der Waals surface area contributed by atoms with E-state index in [-0.39, 0.29) is 5.75 Å². The van der Waals surface area contributed by atoms with Crippen molar-refractivity contribution in [1.29, 1.82) is 0 Å². The zero-order chi connectivity index (χ0) is 14.6. The van der Waals surface area contributed by atoms with Crippen molar-refractivity contribution in [2.75, 3.05) is 45.4 Å². The first-order valence-electron chi connectivity index (χ1n) is 6.69. The second-order valence-corrected chi connectivity index (χ2v) is 6.63. The summed E-state index contributed by atoms with van der Waals surface area (Å²) in [5.41, 5.74) is 0. The van der Waals surface area contributed by atoms with Gasteiger partial charge in [-0.15, -0.1) is 0 Å². The summed E-state index contributed by atoms with van der Waals surface area (Å²) in [6, 6.07) is 0. The lowest BCUT2D eigenvalue weighted by molar-refractivity contribution is 0.129. The van der Waals surface area contributed by atoms with Crippen molar-refractivity contribution < 1.29 is 13.2 Å². The SMILES string of the molecule is CCCCOCCCNC(=NC)NCCS(C)(=O)=O. The molecular weight excluding hydrogens is 266 g/mol. The van der Waals surface area contributed by atoms with E-state index in [4.69, 9.17) is 4.74 Å². The number of rotatable bonds is 10. The smallest absolute Gasteiger partial charge is 0.191 e. The highest BCUT2D eigenvalue weighted by Gasteiger charge is 2.02. The minimum Gasteiger partial charge on any atom is -0.381 e. The van der Waals surface area contributed by atoms with Gasteiger partial charge in [0, 0.05) is 39.6 Å². The highest BCUT2D eigenvalue weighted by molar-refractivity contribution is 7.90. The van der Waals surface area contributed by atoms with Gasteiger partial charge in [0.2, 0.25) is 0 Å². The highest BCUT2D eigenvalue weighted by atomic mass is 32.2. The van der Waals surface area contributed by atoms with Crippen LogP contribution in [0.1, 0.15) is 26.2 Å². The van der Waals surface area contributed by atoms with Crippen LogP contribution in [0.3, 0.4) is 0 Å². The van der Waals surface area contributed by atoms with Gasteiger partial charge in [0.05, 0.1) is 5.75 Å². The lowest BCUT2D eigenvalue weighted by atomic mass is 10.4. The van der Waals surface area contributed by atoms with Crippen molar-refractivity contribution in [3.8, 4) is 0 Å². The number of nitrogens with zero attached hydrogens (tertiary/aromatic N) is 1. The quantitative estimate of drug-likeness (QED) is 0.346. The summed E-state index contributed by atoms with van der Waals surface area (Å²) < 4.78 is 27.4.